The van der Waals surface area contributed by atoms with Crippen molar-refractivity contribution in [2.45, 2.75) is 32.9 Å². The standard InChI is InChI=1S/C15H22N4O/c1-4-7-17-14(15-18-9-10-19(15)5-2)12-6-8-16-11-13(12)20-3/h6,8-11,14,17H,4-5,7H2,1-3H3. The van der Waals surface area contributed by atoms with Gasteiger partial charge in [-0.3, -0.25) is 4.98 Å². The van der Waals surface area contributed by atoms with Gasteiger partial charge in [-0.1, -0.05) is 6.92 Å². The summed E-state index contributed by atoms with van der Waals surface area (Å²) in [6.45, 7) is 6.09. The Balaban J connectivity index is 2.41. The molecule has 0 spiro atoms. The Morgan fingerprint density at radius 2 is 2.20 bits per heavy atom. The summed E-state index contributed by atoms with van der Waals surface area (Å²) in [5.41, 5.74) is 1.07. The van der Waals surface area contributed by atoms with E-state index in [9.17, 15) is 0 Å². The second-order valence-corrected chi connectivity index (χ2v) is 4.58. The van der Waals surface area contributed by atoms with Crippen LogP contribution in [0.25, 0.3) is 0 Å². The molecule has 0 saturated carbocycles. The van der Waals surface area contributed by atoms with Crippen LogP contribution in [0.1, 0.15) is 37.7 Å². The highest BCUT2D eigenvalue weighted by molar-refractivity contribution is 5.36. The first-order valence-electron chi connectivity index (χ1n) is 7.04. The van der Waals surface area contributed by atoms with Crippen molar-refractivity contribution in [2.24, 2.45) is 0 Å². The van der Waals surface area contributed by atoms with E-state index in [-0.39, 0.29) is 6.04 Å². The van der Waals surface area contributed by atoms with Crippen LogP contribution in [0.3, 0.4) is 0 Å². The third-order valence-electron chi connectivity index (χ3n) is 3.29. The largest absolute Gasteiger partial charge is 0.495 e. The first kappa shape index (κ1) is 14.5. The first-order chi connectivity index (χ1) is 9.81. The van der Waals surface area contributed by atoms with E-state index in [1.807, 2.05) is 18.5 Å². The van der Waals surface area contributed by atoms with Crippen molar-refractivity contribution in [3.05, 3.63) is 42.2 Å². The molecule has 2 rings (SSSR count). The highest BCUT2D eigenvalue weighted by atomic mass is 16.5. The fourth-order valence-electron chi connectivity index (χ4n) is 2.28. The number of ether oxygens (including phenoxy) is 1. The molecule has 1 N–H and O–H groups in total. The van der Waals surface area contributed by atoms with Crippen LogP contribution in [0.15, 0.2) is 30.9 Å². The van der Waals surface area contributed by atoms with Crippen molar-refractivity contribution < 1.29 is 4.74 Å². The lowest BCUT2D eigenvalue weighted by Crippen LogP contribution is -2.26. The molecule has 2 aromatic heterocycles. The SMILES string of the molecule is CCCNC(c1ccncc1OC)c1nccn1CC. The number of methoxy groups -OCH3 is 1. The van der Waals surface area contributed by atoms with Crippen molar-refractivity contribution in [2.75, 3.05) is 13.7 Å². The minimum absolute atomic E-state index is 0.0165. The second kappa shape index (κ2) is 7.05. The fraction of sp³-hybridized carbons (Fsp3) is 0.467. The molecule has 2 heterocycles. The summed E-state index contributed by atoms with van der Waals surface area (Å²) in [7, 11) is 1.67. The molecule has 0 amide bonds. The van der Waals surface area contributed by atoms with Crippen LogP contribution in [-0.2, 0) is 6.54 Å². The van der Waals surface area contributed by atoms with Gasteiger partial charge in [-0.25, -0.2) is 4.98 Å². The summed E-state index contributed by atoms with van der Waals surface area (Å²) in [6.07, 6.45) is 8.44. The molecule has 0 saturated heterocycles. The van der Waals surface area contributed by atoms with Crippen LogP contribution in [0, 0.1) is 0 Å². The van der Waals surface area contributed by atoms with Gasteiger partial charge in [-0.05, 0) is 26.0 Å². The fourth-order valence-corrected chi connectivity index (χ4v) is 2.28. The molecular formula is C15H22N4O. The van der Waals surface area contributed by atoms with Gasteiger partial charge in [0.15, 0.2) is 0 Å². The quantitative estimate of drug-likeness (QED) is 0.842. The maximum Gasteiger partial charge on any atom is 0.142 e. The zero-order valence-corrected chi connectivity index (χ0v) is 12.3. The molecule has 0 fully saturated rings. The number of rotatable bonds is 7. The topological polar surface area (TPSA) is 52.0 Å². The number of pyridine rings is 1. The highest BCUT2D eigenvalue weighted by Gasteiger charge is 2.21. The van der Waals surface area contributed by atoms with E-state index >= 15 is 0 Å². The maximum absolute atomic E-state index is 5.44. The van der Waals surface area contributed by atoms with Gasteiger partial charge in [-0.2, -0.15) is 0 Å². The van der Waals surface area contributed by atoms with E-state index in [0.717, 1.165) is 36.6 Å². The Morgan fingerprint density at radius 1 is 1.35 bits per heavy atom. The normalized spacial score (nSPS) is 12.3. The Bertz CT molecular complexity index is 538. The van der Waals surface area contributed by atoms with Gasteiger partial charge in [0, 0.05) is 30.7 Å². The molecule has 0 aliphatic heterocycles. The van der Waals surface area contributed by atoms with Crippen LogP contribution in [-0.4, -0.2) is 28.2 Å². The molecule has 0 radical (unpaired) electrons. The van der Waals surface area contributed by atoms with E-state index in [2.05, 4.69) is 33.7 Å². The molecule has 5 heteroatoms. The van der Waals surface area contributed by atoms with E-state index in [4.69, 9.17) is 4.74 Å². The molecule has 0 aliphatic carbocycles. The summed E-state index contributed by atoms with van der Waals surface area (Å²) < 4.78 is 7.58. The smallest absolute Gasteiger partial charge is 0.142 e. The molecule has 0 bridgehead atoms. The van der Waals surface area contributed by atoms with Crippen LogP contribution in [0.2, 0.25) is 0 Å². The summed E-state index contributed by atoms with van der Waals surface area (Å²) in [5.74, 6) is 1.79. The zero-order valence-electron chi connectivity index (χ0n) is 12.3. The number of hydrogen-bond acceptors (Lipinski definition) is 4. The van der Waals surface area contributed by atoms with Crippen LogP contribution in [0.4, 0.5) is 0 Å². The third-order valence-corrected chi connectivity index (χ3v) is 3.29. The molecule has 1 unspecified atom stereocenters. The number of nitrogens with zero attached hydrogens (tertiary/aromatic N) is 3. The van der Waals surface area contributed by atoms with E-state index in [1.165, 1.54) is 0 Å². The monoisotopic (exact) mass is 274 g/mol. The van der Waals surface area contributed by atoms with Gasteiger partial charge < -0.3 is 14.6 Å². The van der Waals surface area contributed by atoms with E-state index < -0.39 is 0 Å². The first-order valence-corrected chi connectivity index (χ1v) is 7.04. The van der Waals surface area contributed by atoms with Crippen LogP contribution in [0.5, 0.6) is 5.75 Å². The van der Waals surface area contributed by atoms with Crippen LogP contribution >= 0.6 is 0 Å². The van der Waals surface area contributed by atoms with Crippen molar-refractivity contribution in [1.29, 1.82) is 0 Å². The molecule has 0 aromatic carbocycles. The van der Waals surface area contributed by atoms with Crippen molar-refractivity contribution in [1.82, 2.24) is 19.9 Å². The summed E-state index contributed by atoms with van der Waals surface area (Å²) in [5, 5.41) is 3.55. The Kier molecular flexibility index (Phi) is 5.12. The van der Waals surface area contributed by atoms with Gasteiger partial charge in [0.1, 0.15) is 11.6 Å². The number of aryl methyl sites for hydroxylation is 1. The highest BCUT2D eigenvalue weighted by Crippen LogP contribution is 2.28. The Labute approximate surface area is 120 Å². The molecular weight excluding hydrogens is 252 g/mol. The number of aromatic nitrogens is 3. The van der Waals surface area contributed by atoms with Crippen molar-refractivity contribution >= 4 is 0 Å². The summed E-state index contributed by atoms with van der Waals surface area (Å²) in [4.78, 5) is 8.64. The van der Waals surface area contributed by atoms with Crippen LogP contribution < -0.4 is 10.1 Å². The Hall–Kier alpha value is -1.88. The van der Waals surface area contributed by atoms with Crippen molar-refractivity contribution in [3.63, 3.8) is 0 Å². The predicted octanol–water partition coefficient (Wildman–Crippen LogP) is 2.40. The minimum Gasteiger partial charge on any atom is -0.495 e. The lowest BCUT2D eigenvalue weighted by atomic mass is 10.1. The molecule has 5 nitrogen and oxygen atoms in total. The minimum atomic E-state index is 0.0165. The average molecular weight is 274 g/mol. The molecule has 108 valence electrons. The van der Waals surface area contributed by atoms with E-state index in [1.54, 1.807) is 19.5 Å². The number of hydrogen-bond donors (Lipinski definition) is 1. The third kappa shape index (κ3) is 2.99. The molecule has 1 atom stereocenters. The lowest BCUT2D eigenvalue weighted by Gasteiger charge is -2.21. The summed E-state index contributed by atoms with van der Waals surface area (Å²) in [6, 6.07) is 2.00. The van der Waals surface area contributed by atoms with Gasteiger partial charge in [0.2, 0.25) is 0 Å². The van der Waals surface area contributed by atoms with Gasteiger partial charge in [0.25, 0.3) is 0 Å². The van der Waals surface area contributed by atoms with Gasteiger partial charge >= 0.3 is 0 Å². The van der Waals surface area contributed by atoms with E-state index in [0.29, 0.717) is 0 Å². The molecule has 0 aliphatic rings. The molecule has 20 heavy (non-hydrogen) atoms. The summed E-state index contributed by atoms with van der Waals surface area (Å²) >= 11 is 0. The zero-order chi connectivity index (χ0) is 14.4. The number of nitrogens with one attached hydrogen (secondary N) is 1. The van der Waals surface area contributed by atoms with Crippen molar-refractivity contribution in [3.8, 4) is 5.75 Å². The lowest BCUT2D eigenvalue weighted by molar-refractivity contribution is 0.399. The molecule has 2 aromatic rings. The number of imidazole rings is 1. The van der Waals surface area contributed by atoms with Gasteiger partial charge in [-0.15, -0.1) is 0 Å². The average Bonchev–Trinajstić information content (AvgIpc) is 2.96. The van der Waals surface area contributed by atoms with Gasteiger partial charge in [0.05, 0.1) is 19.3 Å². The maximum atomic E-state index is 5.44. The Morgan fingerprint density at radius 3 is 2.90 bits per heavy atom. The second-order valence-electron chi connectivity index (χ2n) is 4.58. The predicted molar refractivity (Wildman–Crippen MR) is 78.8 cm³/mol.